The van der Waals surface area contributed by atoms with Gasteiger partial charge in [0, 0.05) is 26.3 Å². The summed E-state index contributed by atoms with van der Waals surface area (Å²) in [5.74, 6) is -1.01. The summed E-state index contributed by atoms with van der Waals surface area (Å²) in [6.45, 7) is 0.633. The molecule has 3 rings (SSSR count). The molecular weight excluding hydrogens is 327 g/mol. The lowest BCUT2D eigenvalue weighted by molar-refractivity contribution is 0.100. The number of nitrogens with zero attached hydrogens (tertiary/aromatic N) is 4. The molecule has 6 N–H and O–H groups in total. The lowest BCUT2D eigenvalue weighted by Gasteiger charge is -2.12. The first-order chi connectivity index (χ1) is 12.0. The maximum Gasteiger partial charge on any atom is 0.252 e. The second kappa shape index (κ2) is 6.69. The number of rotatable bonds is 6. The first-order valence-corrected chi connectivity index (χ1v) is 7.50. The summed E-state index contributed by atoms with van der Waals surface area (Å²) in [4.78, 5) is 20.0. The number of nitrogens with one attached hydrogen (secondary N) is 2. The smallest absolute Gasteiger partial charge is 0.252 e. The molecule has 0 spiro atoms. The van der Waals surface area contributed by atoms with Crippen molar-refractivity contribution in [2.45, 2.75) is 0 Å². The van der Waals surface area contributed by atoms with Gasteiger partial charge in [0.05, 0.1) is 10.9 Å². The lowest BCUT2D eigenvalue weighted by Crippen LogP contribution is -2.18. The molecule has 25 heavy (non-hydrogen) atoms. The summed E-state index contributed by atoms with van der Waals surface area (Å²) in [5.41, 5.74) is 11.3. The van der Waals surface area contributed by atoms with Gasteiger partial charge in [-0.05, 0) is 18.2 Å². The number of fused-ring (bicyclic) bond motifs is 1. The Morgan fingerprint density at radius 1 is 1.36 bits per heavy atom. The van der Waals surface area contributed by atoms with Gasteiger partial charge in [0.15, 0.2) is 23.1 Å². The van der Waals surface area contributed by atoms with Crippen molar-refractivity contribution in [1.82, 2.24) is 19.7 Å². The van der Waals surface area contributed by atoms with Crippen LogP contribution in [0.15, 0.2) is 24.4 Å². The fourth-order valence-electron chi connectivity index (χ4n) is 2.38. The van der Waals surface area contributed by atoms with Crippen LogP contribution in [0.4, 0.5) is 21.8 Å². The van der Waals surface area contributed by atoms with E-state index in [9.17, 15) is 9.18 Å². The van der Waals surface area contributed by atoms with Crippen molar-refractivity contribution in [3.63, 3.8) is 0 Å². The number of hydrogen-bond donors (Lipinski definition) is 4. The third kappa shape index (κ3) is 3.19. The van der Waals surface area contributed by atoms with Gasteiger partial charge in [0.2, 0.25) is 0 Å². The number of pyridine rings is 2. The van der Waals surface area contributed by atoms with Gasteiger partial charge >= 0.3 is 0 Å². The lowest BCUT2D eigenvalue weighted by atomic mass is 10.2. The normalized spacial score (nSPS) is 10.8. The molecule has 1 amide bonds. The largest absolute Gasteiger partial charge is 0.366 e. The molecule has 0 saturated carbocycles. The van der Waals surface area contributed by atoms with Crippen molar-refractivity contribution in [3.8, 4) is 0 Å². The average Bonchev–Trinajstić information content (AvgIpc) is 2.91. The molecule has 0 fully saturated rings. The van der Waals surface area contributed by atoms with Gasteiger partial charge in [-0.25, -0.2) is 19.0 Å². The molecule has 3 aromatic rings. The molecule has 0 bridgehead atoms. The molecule has 0 aliphatic carbocycles. The van der Waals surface area contributed by atoms with Crippen LogP contribution in [0.1, 0.15) is 10.4 Å². The van der Waals surface area contributed by atoms with Crippen LogP contribution in [0.3, 0.4) is 0 Å². The average molecular weight is 344 g/mol. The number of carbonyl (C=O) groups excluding carboxylic acids is 1. The zero-order valence-corrected chi connectivity index (χ0v) is 13.5. The summed E-state index contributed by atoms with van der Waals surface area (Å²) in [7, 11) is 1.74. The summed E-state index contributed by atoms with van der Waals surface area (Å²) >= 11 is 0. The first kappa shape index (κ1) is 16.6. The third-order valence-electron chi connectivity index (χ3n) is 3.51. The van der Waals surface area contributed by atoms with Crippen molar-refractivity contribution in [2.24, 2.45) is 18.5 Å². The number of amides is 1. The molecule has 9 nitrogen and oxygen atoms in total. The summed E-state index contributed by atoms with van der Waals surface area (Å²) < 4.78 is 15.7. The Morgan fingerprint density at radius 3 is 2.88 bits per heavy atom. The van der Waals surface area contributed by atoms with E-state index in [-0.39, 0.29) is 17.2 Å². The maximum atomic E-state index is 14.1. The molecule has 3 aromatic heterocycles. The van der Waals surface area contributed by atoms with Crippen LogP contribution in [0.5, 0.6) is 0 Å². The van der Waals surface area contributed by atoms with Gasteiger partial charge in [-0.15, -0.1) is 0 Å². The molecule has 3 heterocycles. The molecule has 0 aliphatic heterocycles. The molecule has 0 aromatic carbocycles. The molecule has 0 saturated heterocycles. The van der Waals surface area contributed by atoms with Gasteiger partial charge in [-0.3, -0.25) is 4.79 Å². The van der Waals surface area contributed by atoms with E-state index < -0.39 is 11.7 Å². The monoisotopic (exact) mass is 344 g/mol. The predicted molar refractivity (Wildman–Crippen MR) is 92.0 cm³/mol. The Balaban J connectivity index is 2.06. The topological polar surface area (TPSA) is 137 Å². The van der Waals surface area contributed by atoms with Crippen LogP contribution in [0, 0.1) is 5.82 Å². The van der Waals surface area contributed by atoms with Crippen LogP contribution < -0.4 is 22.1 Å². The fraction of sp³-hybridized carbons (Fsp3) is 0.200. The van der Waals surface area contributed by atoms with Crippen LogP contribution in [0.2, 0.25) is 0 Å². The standard InChI is InChI=1S/C15H17FN8O/c1-24-15-8(3-2-5-20-15)13(23-24)21-12-9(11(18)25)7-10(16)14(22-12)19-6-4-17/h2-3,5,7H,4,6,17H2,1H3,(H2,18,25)(H2,19,21,22,23). The quantitative estimate of drug-likeness (QED) is 0.517. The van der Waals surface area contributed by atoms with E-state index in [1.807, 2.05) is 6.07 Å². The Bertz CT molecular complexity index is 939. The number of carbonyl (C=O) groups is 1. The number of anilines is 3. The molecule has 0 unspecified atom stereocenters. The van der Waals surface area contributed by atoms with E-state index in [4.69, 9.17) is 11.5 Å². The van der Waals surface area contributed by atoms with Gasteiger partial charge in [0.1, 0.15) is 5.82 Å². The molecule has 0 atom stereocenters. The zero-order chi connectivity index (χ0) is 18.0. The molecule has 0 aliphatic rings. The Labute approximate surface area is 142 Å². The van der Waals surface area contributed by atoms with Crippen molar-refractivity contribution in [2.75, 3.05) is 23.7 Å². The minimum absolute atomic E-state index is 0.0312. The molecule has 130 valence electrons. The van der Waals surface area contributed by atoms with Crippen molar-refractivity contribution < 1.29 is 9.18 Å². The van der Waals surface area contributed by atoms with E-state index in [0.29, 0.717) is 24.6 Å². The van der Waals surface area contributed by atoms with E-state index in [1.54, 1.807) is 24.0 Å². The summed E-state index contributed by atoms with van der Waals surface area (Å²) in [6.07, 6.45) is 1.65. The third-order valence-corrected chi connectivity index (χ3v) is 3.51. The highest BCUT2D eigenvalue weighted by Crippen LogP contribution is 2.27. The molecular formula is C15H17FN8O. The maximum absolute atomic E-state index is 14.1. The highest BCUT2D eigenvalue weighted by molar-refractivity contribution is 6.00. The van der Waals surface area contributed by atoms with E-state index in [2.05, 4.69) is 25.7 Å². The van der Waals surface area contributed by atoms with Gasteiger partial charge in [-0.2, -0.15) is 5.10 Å². The number of hydrogen-bond acceptors (Lipinski definition) is 7. The Kier molecular flexibility index (Phi) is 4.44. The summed E-state index contributed by atoms with van der Waals surface area (Å²) in [6, 6.07) is 4.61. The summed E-state index contributed by atoms with van der Waals surface area (Å²) in [5, 5.41) is 10.7. The minimum atomic E-state index is -0.808. The number of primary amides is 1. The Hall–Kier alpha value is -3.27. The second-order valence-corrected chi connectivity index (χ2v) is 5.27. The van der Waals surface area contributed by atoms with E-state index >= 15 is 0 Å². The highest BCUT2D eigenvalue weighted by Gasteiger charge is 2.18. The minimum Gasteiger partial charge on any atom is -0.366 e. The molecule has 0 radical (unpaired) electrons. The second-order valence-electron chi connectivity index (χ2n) is 5.27. The number of halogens is 1. The first-order valence-electron chi connectivity index (χ1n) is 7.50. The predicted octanol–water partition coefficient (Wildman–Crippen LogP) is 0.716. The van der Waals surface area contributed by atoms with Crippen molar-refractivity contribution in [3.05, 3.63) is 35.8 Å². The highest BCUT2D eigenvalue weighted by atomic mass is 19.1. The van der Waals surface area contributed by atoms with Crippen LogP contribution >= 0.6 is 0 Å². The zero-order valence-electron chi connectivity index (χ0n) is 13.5. The van der Waals surface area contributed by atoms with Gasteiger partial charge in [-0.1, -0.05) is 0 Å². The molecule has 10 heteroatoms. The number of aromatic nitrogens is 4. The SMILES string of the molecule is Cn1nc(Nc2nc(NCCN)c(F)cc2C(N)=O)c2cccnc21. The van der Waals surface area contributed by atoms with Crippen LogP contribution in [-0.2, 0) is 7.05 Å². The van der Waals surface area contributed by atoms with Crippen molar-refractivity contribution in [1.29, 1.82) is 0 Å². The van der Waals surface area contributed by atoms with Crippen LogP contribution in [-0.4, -0.2) is 38.7 Å². The number of aryl methyl sites for hydroxylation is 1. The Morgan fingerprint density at radius 2 is 2.16 bits per heavy atom. The number of nitrogens with two attached hydrogens (primary N) is 2. The van der Waals surface area contributed by atoms with Crippen molar-refractivity contribution >= 4 is 34.4 Å². The van der Waals surface area contributed by atoms with Crippen LogP contribution in [0.25, 0.3) is 11.0 Å². The van der Waals surface area contributed by atoms with E-state index in [1.165, 1.54) is 0 Å². The van der Waals surface area contributed by atoms with Gasteiger partial charge in [0.25, 0.3) is 5.91 Å². The fourth-order valence-corrected chi connectivity index (χ4v) is 2.38. The van der Waals surface area contributed by atoms with Gasteiger partial charge < -0.3 is 22.1 Å². The van der Waals surface area contributed by atoms with E-state index in [0.717, 1.165) is 11.5 Å².